The average Bonchev–Trinajstić information content (AvgIpc) is 3.55. The van der Waals surface area contributed by atoms with Crippen molar-refractivity contribution in [2.75, 3.05) is 27.8 Å². The van der Waals surface area contributed by atoms with E-state index in [-0.39, 0.29) is 0 Å². The van der Waals surface area contributed by atoms with Crippen LogP contribution in [0.3, 0.4) is 0 Å². The molecule has 0 N–H and O–H groups in total. The molecule has 6 nitrogen and oxygen atoms in total. The molecule has 5 aromatic rings. The first-order valence-corrected chi connectivity index (χ1v) is 18.6. The Kier molecular flexibility index (Phi) is 7.32. The number of nitrogens with zero attached hydrogens (tertiary/aromatic N) is 3. The number of hydrogen-bond acceptors (Lipinski definition) is 6. The van der Waals surface area contributed by atoms with E-state index in [9.17, 15) is 0 Å². The van der Waals surface area contributed by atoms with Crippen molar-refractivity contribution < 1.29 is 14.2 Å². The standard InChI is InChI=1S/C45H46N3O3/c1-25(2)30-13-9-14-31(26(3)4)40(30)46-21-22-47(41-32(27(5)6)15-10-16-33(41)28(7)8)45(46)29-23-38-44-39(24-29)51-37-20-12-18-35-43(37)48(44)42-34(49-35)17-11-19-36(42)50-38/h9-20,23-28H,21-22H2,1-8H3. The highest BCUT2D eigenvalue weighted by molar-refractivity contribution is 6.00. The van der Waals surface area contributed by atoms with Crippen LogP contribution in [0.5, 0.6) is 34.5 Å². The zero-order valence-corrected chi connectivity index (χ0v) is 30.9. The SMILES string of the molecule is CC(C)c1cccc(C(C)C)c1N1CCN(c2c(C(C)C)cccc2C(C)C)[C]1c1cc2c3c(c1)Oc1cccc4c1N3c1c(cccc1O2)O4. The van der Waals surface area contributed by atoms with Crippen LogP contribution < -0.4 is 28.9 Å². The Hall–Kier alpha value is -5.10. The molecule has 1 saturated heterocycles. The molecular weight excluding hydrogens is 631 g/mol. The average molecular weight is 677 g/mol. The Labute approximate surface area is 302 Å². The Morgan fingerprint density at radius 1 is 0.412 bits per heavy atom. The molecule has 9 rings (SSSR count). The molecule has 6 heteroatoms. The first kappa shape index (κ1) is 31.9. The Morgan fingerprint density at radius 2 is 0.725 bits per heavy atom. The Balaban J connectivity index is 1.30. The molecule has 4 aliphatic rings. The van der Waals surface area contributed by atoms with Crippen LogP contribution >= 0.6 is 0 Å². The minimum absolute atomic E-state index is 0.359. The van der Waals surface area contributed by atoms with Gasteiger partial charge in [-0.15, -0.1) is 0 Å². The van der Waals surface area contributed by atoms with Crippen LogP contribution in [-0.2, 0) is 0 Å². The van der Waals surface area contributed by atoms with E-state index in [2.05, 4.69) is 119 Å². The lowest BCUT2D eigenvalue weighted by atomic mass is 9.90. The van der Waals surface area contributed by atoms with Gasteiger partial charge < -0.3 is 24.0 Å². The maximum absolute atomic E-state index is 6.83. The topological polar surface area (TPSA) is 37.4 Å². The quantitative estimate of drug-likeness (QED) is 0.167. The van der Waals surface area contributed by atoms with Gasteiger partial charge in [0.25, 0.3) is 0 Å². The highest BCUT2D eigenvalue weighted by Crippen LogP contribution is 2.67. The van der Waals surface area contributed by atoms with Crippen molar-refractivity contribution in [3.8, 4) is 34.5 Å². The van der Waals surface area contributed by atoms with E-state index in [0.29, 0.717) is 23.7 Å². The minimum Gasteiger partial charge on any atom is -0.453 e. The molecular formula is C45H46N3O3. The second-order valence-electron chi connectivity index (χ2n) is 15.5. The van der Waals surface area contributed by atoms with Gasteiger partial charge >= 0.3 is 0 Å². The summed E-state index contributed by atoms with van der Waals surface area (Å²) in [7, 11) is 0. The second-order valence-corrected chi connectivity index (χ2v) is 15.5. The molecule has 4 heterocycles. The summed E-state index contributed by atoms with van der Waals surface area (Å²) in [6.07, 6.45) is 1.16. The zero-order valence-electron chi connectivity index (χ0n) is 30.9. The summed E-state index contributed by atoms with van der Waals surface area (Å²) < 4.78 is 20.0. The van der Waals surface area contributed by atoms with Gasteiger partial charge in [-0.3, -0.25) is 4.90 Å². The van der Waals surface area contributed by atoms with E-state index in [1.54, 1.807) is 0 Å². The third-order valence-corrected chi connectivity index (χ3v) is 10.8. The maximum Gasteiger partial charge on any atom is 0.188 e. The number of benzene rings is 5. The molecule has 0 aromatic heterocycles. The lowest BCUT2D eigenvalue weighted by molar-refractivity contribution is 0.417. The number of anilines is 5. The Morgan fingerprint density at radius 3 is 1.08 bits per heavy atom. The molecule has 1 radical (unpaired) electrons. The molecule has 5 aromatic carbocycles. The van der Waals surface area contributed by atoms with Gasteiger partial charge in [0.2, 0.25) is 0 Å². The second kappa shape index (κ2) is 11.7. The van der Waals surface area contributed by atoms with Gasteiger partial charge in [-0.25, -0.2) is 0 Å². The third kappa shape index (κ3) is 4.75. The summed E-state index contributed by atoms with van der Waals surface area (Å²) in [4.78, 5) is 7.47. The molecule has 0 amide bonds. The van der Waals surface area contributed by atoms with Crippen molar-refractivity contribution in [3.63, 3.8) is 0 Å². The predicted octanol–water partition coefficient (Wildman–Crippen LogP) is 12.8. The Bertz CT molecular complexity index is 2000. The first-order valence-electron chi connectivity index (χ1n) is 18.6. The molecule has 0 saturated carbocycles. The lowest BCUT2D eigenvalue weighted by Gasteiger charge is -2.42. The van der Waals surface area contributed by atoms with E-state index >= 15 is 0 Å². The third-order valence-electron chi connectivity index (χ3n) is 10.8. The molecule has 0 atom stereocenters. The molecule has 0 unspecified atom stereocenters. The fraction of sp³-hybridized carbons (Fsp3) is 0.311. The summed E-state index contributed by atoms with van der Waals surface area (Å²) in [5, 5.41) is 0. The van der Waals surface area contributed by atoms with Gasteiger partial charge in [-0.05, 0) is 82.3 Å². The van der Waals surface area contributed by atoms with E-state index < -0.39 is 0 Å². The normalized spacial score (nSPS) is 15.5. The van der Waals surface area contributed by atoms with Gasteiger partial charge in [0, 0.05) is 30.0 Å². The summed E-state index contributed by atoms with van der Waals surface area (Å²) >= 11 is 0. The summed E-state index contributed by atoms with van der Waals surface area (Å²) in [6, 6.07) is 30.3. The van der Waals surface area contributed by atoms with E-state index in [4.69, 9.17) is 14.2 Å². The fourth-order valence-corrected chi connectivity index (χ4v) is 8.50. The van der Waals surface area contributed by atoms with E-state index in [1.807, 2.05) is 36.4 Å². The van der Waals surface area contributed by atoms with Crippen LogP contribution in [0.25, 0.3) is 0 Å². The van der Waals surface area contributed by atoms with Gasteiger partial charge in [0.15, 0.2) is 40.7 Å². The van der Waals surface area contributed by atoms with Gasteiger partial charge in [0.1, 0.15) is 17.1 Å². The van der Waals surface area contributed by atoms with Crippen molar-refractivity contribution in [3.05, 3.63) is 119 Å². The fourth-order valence-electron chi connectivity index (χ4n) is 8.50. The summed E-state index contributed by atoms with van der Waals surface area (Å²) in [6.45, 7) is 20.2. The van der Waals surface area contributed by atoms with Gasteiger partial charge in [-0.1, -0.05) is 104 Å². The van der Waals surface area contributed by atoms with E-state index in [0.717, 1.165) is 76.4 Å². The molecule has 4 aliphatic heterocycles. The predicted molar refractivity (Wildman–Crippen MR) is 208 cm³/mol. The van der Waals surface area contributed by atoms with Crippen LogP contribution in [0, 0.1) is 6.17 Å². The van der Waals surface area contributed by atoms with Crippen LogP contribution in [0.1, 0.15) is 107 Å². The van der Waals surface area contributed by atoms with Crippen molar-refractivity contribution in [2.24, 2.45) is 0 Å². The zero-order chi connectivity index (χ0) is 35.3. The number of hydrogen-bond donors (Lipinski definition) is 0. The highest BCUT2D eigenvalue weighted by atomic mass is 16.5. The van der Waals surface area contributed by atoms with Gasteiger partial charge in [-0.2, -0.15) is 0 Å². The molecule has 51 heavy (non-hydrogen) atoms. The summed E-state index contributed by atoms with van der Waals surface area (Å²) in [5.74, 6) is 6.09. The van der Waals surface area contributed by atoms with Crippen LogP contribution in [0.15, 0.2) is 84.9 Å². The molecule has 0 spiro atoms. The van der Waals surface area contributed by atoms with Crippen LogP contribution in [0.4, 0.5) is 28.4 Å². The number of ether oxygens (including phenoxy) is 3. The molecule has 0 aliphatic carbocycles. The van der Waals surface area contributed by atoms with Crippen molar-refractivity contribution >= 4 is 28.4 Å². The minimum atomic E-state index is 0.359. The monoisotopic (exact) mass is 676 g/mol. The number of rotatable bonds is 7. The van der Waals surface area contributed by atoms with Crippen LogP contribution in [0.2, 0.25) is 0 Å². The highest BCUT2D eigenvalue weighted by Gasteiger charge is 2.45. The van der Waals surface area contributed by atoms with Crippen LogP contribution in [-0.4, -0.2) is 13.1 Å². The van der Waals surface area contributed by atoms with Crippen molar-refractivity contribution in [2.45, 2.75) is 79.1 Å². The first-order chi connectivity index (χ1) is 24.6. The van der Waals surface area contributed by atoms with Crippen molar-refractivity contribution in [1.29, 1.82) is 0 Å². The maximum atomic E-state index is 6.83. The van der Waals surface area contributed by atoms with Crippen molar-refractivity contribution in [1.82, 2.24) is 0 Å². The summed E-state index contributed by atoms with van der Waals surface area (Å²) in [5.41, 5.74) is 11.9. The largest absolute Gasteiger partial charge is 0.453 e. The number of para-hydroxylation sites is 4. The lowest BCUT2D eigenvalue weighted by Crippen LogP contribution is -2.35. The molecule has 1 fully saturated rings. The van der Waals surface area contributed by atoms with Gasteiger partial charge in [0.05, 0.1) is 0 Å². The van der Waals surface area contributed by atoms with E-state index in [1.165, 1.54) is 33.6 Å². The molecule has 259 valence electrons. The smallest absolute Gasteiger partial charge is 0.188 e. The molecule has 0 bridgehead atoms.